The highest BCUT2D eigenvalue weighted by atomic mass is 35.5. The summed E-state index contributed by atoms with van der Waals surface area (Å²) < 4.78 is 34.2. The van der Waals surface area contributed by atoms with Crippen LogP contribution in [0.25, 0.3) is 0 Å². The Morgan fingerprint density at radius 1 is 1.16 bits per heavy atom. The summed E-state index contributed by atoms with van der Waals surface area (Å²) in [7, 11) is -3.74. The number of fused-ring (bicyclic) bond motifs is 3. The van der Waals surface area contributed by atoms with E-state index in [-0.39, 0.29) is 33.8 Å². The predicted molar refractivity (Wildman–Crippen MR) is 147 cm³/mol. The van der Waals surface area contributed by atoms with Crippen LogP contribution in [0.1, 0.15) is 19.3 Å². The molecular formula is C26H26Cl2N4O4S2. The maximum Gasteiger partial charge on any atom is 0.263 e. The monoisotopic (exact) mass is 592 g/mol. The van der Waals surface area contributed by atoms with Crippen LogP contribution < -0.4 is 9.62 Å². The first kappa shape index (κ1) is 25.0. The lowest BCUT2D eigenvalue weighted by molar-refractivity contribution is -0.123. The standard InChI is InChI=1S/C26H26Cl2N4O4S2/c27-20-6-5-18-19(13-21(20)28)26(18)15-31(10-11-36-26)22-14-25(22)7-9-32(23(25)33)16-1-3-17(4-2-16)38(34,35)30-24-29-8-12-37-24/h1-4,6,8,12-13,18-19,22H,5,7,9-11,14-15H2,(H,29,30)/t18?,19-,22?,25?,26?/m0/s1. The Hall–Kier alpha value is -1.95. The molecule has 0 radical (unpaired) electrons. The second kappa shape index (κ2) is 8.78. The Morgan fingerprint density at radius 3 is 2.74 bits per heavy atom. The molecule has 5 aliphatic rings. The minimum Gasteiger partial charge on any atom is -0.371 e. The summed E-state index contributed by atoms with van der Waals surface area (Å²) in [6.45, 7) is 2.88. The van der Waals surface area contributed by atoms with E-state index in [2.05, 4.69) is 14.6 Å². The number of hydrogen-bond donors (Lipinski definition) is 1. The Bertz CT molecular complexity index is 1460. The molecule has 1 aromatic heterocycles. The molecule has 8 nitrogen and oxygen atoms in total. The third-order valence-electron chi connectivity index (χ3n) is 8.86. The SMILES string of the molecule is O=C1N(c2ccc(S(=O)(=O)Nc3nccs3)cc2)CCC12CC2N1CCOC2(C1)C1CC=C(Cl)C(Cl)=C[C@@H]12. The zero-order chi connectivity index (χ0) is 26.3. The molecule has 38 heavy (non-hydrogen) atoms. The highest BCUT2D eigenvalue weighted by Crippen LogP contribution is 2.63. The molecule has 2 aliphatic heterocycles. The number of thiazole rings is 1. The van der Waals surface area contributed by atoms with Crippen molar-refractivity contribution in [2.24, 2.45) is 17.3 Å². The van der Waals surface area contributed by atoms with Crippen molar-refractivity contribution in [2.75, 3.05) is 35.9 Å². The number of carbonyl (C=O) groups excluding carboxylic acids is 1. The van der Waals surface area contributed by atoms with Crippen LogP contribution >= 0.6 is 34.5 Å². The molecule has 2 aromatic rings. The molecule has 1 amide bonds. The zero-order valence-corrected chi connectivity index (χ0v) is 23.5. The van der Waals surface area contributed by atoms with Crippen molar-refractivity contribution < 1.29 is 17.9 Å². The summed E-state index contributed by atoms with van der Waals surface area (Å²) in [5, 5.41) is 3.23. The molecule has 1 aromatic carbocycles. The van der Waals surface area contributed by atoms with Crippen molar-refractivity contribution in [3.05, 3.63) is 58.1 Å². The van der Waals surface area contributed by atoms with Crippen LogP contribution in [-0.2, 0) is 19.6 Å². The number of aromatic nitrogens is 1. The number of morpholine rings is 1. The summed E-state index contributed by atoms with van der Waals surface area (Å²) in [5.41, 5.74) is 0.103. The number of amides is 1. The first-order chi connectivity index (χ1) is 18.2. The van der Waals surface area contributed by atoms with Gasteiger partial charge in [0.1, 0.15) is 0 Å². The van der Waals surface area contributed by atoms with Gasteiger partial charge in [-0.2, -0.15) is 0 Å². The molecule has 0 bridgehead atoms. The lowest BCUT2D eigenvalue weighted by atomic mass is 10.0. The number of nitrogens with one attached hydrogen (secondary N) is 1. The Balaban J connectivity index is 1.03. The Kier molecular flexibility index (Phi) is 5.78. The molecule has 2 saturated heterocycles. The van der Waals surface area contributed by atoms with Gasteiger partial charge in [0, 0.05) is 54.8 Å². The second-order valence-electron chi connectivity index (χ2n) is 10.7. The minimum atomic E-state index is -3.74. The quantitative estimate of drug-likeness (QED) is 0.553. The average Bonchev–Trinajstić information content (AvgIpc) is 3.62. The van der Waals surface area contributed by atoms with Crippen LogP contribution in [0.3, 0.4) is 0 Å². The third kappa shape index (κ3) is 3.87. The van der Waals surface area contributed by atoms with Crippen LogP contribution in [0.4, 0.5) is 10.8 Å². The van der Waals surface area contributed by atoms with Crippen molar-refractivity contribution in [3.8, 4) is 0 Å². The van der Waals surface area contributed by atoms with Crippen molar-refractivity contribution in [1.82, 2.24) is 9.88 Å². The second-order valence-corrected chi connectivity index (χ2v) is 14.1. The lowest BCUT2D eigenvalue weighted by Crippen LogP contribution is -2.48. The predicted octanol–water partition coefficient (Wildman–Crippen LogP) is 4.41. The van der Waals surface area contributed by atoms with Crippen LogP contribution in [0.5, 0.6) is 0 Å². The number of anilines is 2. The summed E-state index contributed by atoms with van der Waals surface area (Å²) in [6.07, 6.45) is 8.07. The molecule has 3 heterocycles. The van der Waals surface area contributed by atoms with Crippen LogP contribution in [0.15, 0.2) is 63.0 Å². The first-order valence-corrected chi connectivity index (χ1v) is 15.8. The molecule has 5 atom stereocenters. The van der Waals surface area contributed by atoms with Gasteiger partial charge in [-0.3, -0.25) is 14.4 Å². The Morgan fingerprint density at radius 2 is 1.97 bits per heavy atom. The van der Waals surface area contributed by atoms with Gasteiger partial charge in [-0.25, -0.2) is 13.4 Å². The van der Waals surface area contributed by atoms with Gasteiger partial charge < -0.3 is 9.64 Å². The number of sulfonamides is 1. The van der Waals surface area contributed by atoms with Crippen LogP contribution in [0, 0.1) is 17.3 Å². The van der Waals surface area contributed by atoms with Gasteiger partial charge in [0.05, 0.1) is 32.6 Å². The fourth-order valence-electron chi connectivity index (χ4n) is 6.73. The number of nitrogens with zero attached hydrogens (tertiary/aromatic N) is 3. The lowest BCUT2D eigenvalue weighted by Gasteiger charge is -2.36. The zero-order valence-electron chi connectivity index (χ0n) is 20.3. The number of hydrogen-bond acceptors (Lipinski definition) is 7. The molecule has 1 N–H and O–H groups in total. The first-order valence-electron chi connectivity index (χ1n) is 12.7. The molecule has 4 fully saturated rings. The van der Waals surface area contributed by atoms with Gasteiger partial charge in [0.25, 0.3) is 10.0 Å². The fourth-order valence-corrected chi connectivity index (χ4v) is 8.88. The van der Waals surface area contributed by atoms with E-state index < -0.39 is 10.0 Å². The highest BCUT2D eigenvalue weighted by molar-refractivity contribution is 7.93. The Labute approximate surface area is 235 Å². The summed E-state index contributed by atoms with van der Waals surface area (Å²) in [5.74, 6) is 0.735. The van der Waals surface area contributed by atoms with E-state index in [1.165, 1.54) is 23.5 Å². The number of halogens is 2. The van der Waals surface area contributed by atoms with Crippen molar-refractivity contribution in [3.63, 3.8) is 0 Å². The van der Waals surface area contributed by atoms with E-state index in [9.17, 15) is 13.2 Å². The van der Waals surface area contributed by atoms with E-state index >= 15 is 0 Å². The average molecular weight is 594 g/mol. The number of carbonyl (C=O) groups is 1. The van der Waals surface area contributed by atoms with Crippen molar-refractivity contribution in [1.29, 1.82) is 0 Å². The van der Waals surface area contributed by atoms with Gasteiger partial charge >= 0.3 is 0 Å². The topological polar surface area (TPSA) is 91.8 Å². The third-order valence-corrected chi connectivity index (χ3v) is 11.8. The number of benzene rings is 1. The maximum absolute atomic E-state index is 13.7. The minimum absolute atomic E-state index is 0.127. The summed E-state index contributed by atoms with van der Waals surface area (Å²) in [4.78, 5) is 22.0. The van der Waals surface area contributed by atoms with E-state index in [0.29, 0.717) is 34.3 Å². The molecule has 2 spiro atoms. The van der Waals surface area contributed by atoms with E-state index in [4.69, 9.17) is 27.9 Å². The number of rotatable bonds is 5. The number of ether oxygens (including phenoxy) is 1. The molecule has 7 rings (SSSR count). The normalized spacial score (nSPS) is 34.6. The van der Waals surface area contributed by atoms with E-state index in [0.717, 1.165) is 38.0 Å². The van der Waals surface area contributed by atoms with Gasteiger partial charge in [0.15, 0.2) is 5.13 Å². The van der Waals surface area contributed by atoms with Gasteiger partial charge in [0.2, 0.25) is 5.91 Å². The van der Waals surface area contributed by atoms with E-state index in [1.54, 1.807) is 28.6 Å². The molecule has 3 aliphatic carbocycles. The van der Waals surface area contributed by atoms with Gasteiger partial charge in [-0.15, -0.1) is 11.3 Å². The van der Waals surface area contributed by atoms with Crippen LogP contribution in [0.2, 0.25) is 0 Å². The van der Waals surface area contributed by atoms with Crippen molar-refractivity contribution in [2.45, 2.75) is 35.8 Å². The molecular weight excluding hydrogens is 567 g/mol. The number of allylic oxidation sites excluding steroid dienone is 3. The highest BCUT2D eigenvalue weighted by Gasteiger charge is 2.71. The van der Waals surface area contributed by atoms with Gasteiger partial charge in [-0.05, 0) is 43.5 Å². The molecule has 12 heteroatoms. The maximum atomic E-state index is 13.7. The van der Waals surface area contributed by atoms with Crippen molar-refractivity contribution >= 4 is 61.3 Å². The smallest absolute Gasteiger partial charge is 0.263 e. The van der Waals surface area contributed by atoms with Gasteiger partial charge in [-0.1, -0.05) is 35.4 Å². The molecule has 4 unspecified atom stereocenters. The molecule has 200 valence electrons. The van der Waals surface area contributed by atoms with Crippen LogP contribution in [-0.4, -0.2) is 62.1 Å². The van der Waals surface area contributed by atoms with E-state index in [1.807, 2.05) is 12.2 Å². The fraction of sp³-hybridized carbons (Fsp3) is 0.462. The largest absolute Gasteiger partial charge is 0.371 e. The molecule has 2 saturated carbocycles. The summed E-state index contributed by atoms with van der Waals surface area (Å²) >= 11 is 13.8. The summed E-state index contributed by atoms with van der Waals surface area (Å²) in [6, 6.07) is 6.70.